The van der Waals surface area contributed by atoms with Gasteiger partial charge in [0.05, 0.1) is 15.7 Å². The van der Waals surface area contributed by atoms with Crippen molar-refractivity contribution >= 4 is 49.7 Å². The topological polar surface area (TPSA) is 37.8 Å². The highest BCUT2D eigenvalue weighted by Crippen LogP contribution is 2.24. The Bertz CT molecular complexity index is 942. The van der Waals surface area contributed by atoms with Gasteiger partial charge in [0.15, 0.2) is 4.77 Å². The monoisotopic (exact) mass is 370 g/mol. The molecule has 0 aliphatic heterocycles. The van der Waals surface area contributed by atoms with Crippen LogP contribution in [0.25, 0.3) is 15.9 Å². The first-order valence-electron chi connectivity index (χ1n) is 5.67. The van der Waals surface area contributed by atoms with Crippen LogP contribution in [-0.2, 0) is 0 Å². The summed E-state index contributed by atoms with van der Waals surface area (Å²) in [6.07, 6.45) is 0. The molecule has 0 aliphatic rings. The lowest BCUT2D eigenvalue weighted by molar-refractivity contribution is 0.619. The Balaban J connectivity index is 2.44. The van der Waals surface area contributed by atoms with Crippen molar-refractivity contribution in [3.8, 4) is 5.69 Å². The van der Waals surface area contributed by atoms with Crippen LogP contribution in [0.2, 0.25) is 0 Å². The van der Waals surface area contributed by atoms with Gasteiger partial charge >= 0.3 is 0 Å². The Kier molecular flexibility index (Phi) is 3.35. The minimum absolute atomic E-state index is 0.194. The van der Waals surface area contributed by atoms with Crippen LogP contribution in [0.4, 0.5) is 4.39 Å². The molecule has 0 spiro atoms. The average molecular weight is 371 g/mol. The van der Waals surface area contributed by atoms with E-state index in [1.807, 2.05) is 11.4 Å². The van der Waals surface area contributed by atoms with E-state index in [-0.39, 0.29) is 11.4 Å². The smallest absolute Gasteiger partial charge is 0.276 e. The Morgan fingerprint density at radius 3 is 2.95 bits per heavy atom. The van der Waals surface area contributed by atoms with E-state index in [0.29, 0.717) is 25.2 Å². The van der Waals surface area contributed by atoms with Crippen LogP contribution in [0.5, 0.6) is 0 Å². The number of benzene rings is 1. The Hall–Kier alpha value is -1.31. The molecule has 2 aromatic heterocycles. The van der Waals surface area contributed by atoms with Gasteiger partial charge in [0, 0.05) is 0 Å². The molecule has 0 radical (unpaired) electrons. The zero-order valence-electron chi connectivity index (χ0n) is 10.2. The molecule has 0 bridgehead atoms. The summed E-state index contributed by atoms with van der Waals surface area (Å²) in [5, 5.41) is 1.83. The number of nitrogens with zero attached hydrogens (tertiary/aromatic N) is 1. The summed E-state index contributed by atoms with van der Waals surface area (Å²) in [5.74, 6) is -0.369. The molecule has 0 saturated heterocycles. The lowest BCUT2D eigenvalue weighted by Gasteiger charge is -2.10. The Morgan fingerprint density at radius 1 is 1.45 bits per heavy atom. The number of aromatic nitrogens is 2. The highest BCUT2D eigenvalue weighted by molar-refractivity contribution is 9.10. The SMILES string of the molecule is Cc1cc(F)c(Br)cc1-n1c(=S)[nH]c2ccsc2c1=O. The van der Waals surface area contributed by atoms with Gasteiger partial charge in [-0.05, 0) is 64.2 Å². The second-order valence-corrected chi connectivity index (χ2v) is 6.44. The van der Waals surface area contributed by atoms with Gasteiger partial charge in [-0.3, -0.25) is 9.36 Å². The molecule has 1 aromatic carbocycles. The van der Waals surface area contributed by atoms with Crippen LogP contribution in [0, 0.1) is 17.5 Å². The van der Waals surface area contributed by atoms with Crippen LogP contribution < -0.4 is 5.56 Å². The molecule has 7 heteroatoms. The number of hydrogen-bond donors (Lipinski definition) is 1. The maximum Gasteiger partial charge on any atom is 0.276 e. The molecule has 0 fully saturated rings. The largest absolute Gasteiger partial charge is 0.331 e. The van der Waals surface area contributed by atoms with Gasteiger partial charge < -0.3 is 4.98 Å². The summed E-state index contributed by atoms with van der Waals surface area (Å²) in [6, 6.07) is 4.75. The second kappa shape index (κ2) is 4.91. The quantitative estimate of drug-likeness (QED) is 0.647. The van der Waals surface area contributed by atoms with E-state index in [0.717, 1.165) is 5.52 Å². The van der Waals surface area contributed by atoms with Gasteiger partial charge in [0.2, 0.25) is 0 Å². The summed E-state index contributed by atoms with van der Waals surface area (Å²) < 4.78 is 16.1. The average Bonchev–Trinajstić information content (AvgIpc) is 2.83. The van der Waals surface area contributed by atoms with Crippen molar-refractivity contribution in [3.05, 3.63) is 54.6 Å². The standard InChI is InChI=1S/C13H8BrFN2OS2/c1-6-4-8(15)7(14)5-10(6)17-12(18)11-9(2-3-20-11)16-13(17)19/h2-5H,1H3,(H,16,19). The predicted octanol–water partition coefficient (Wildman–Crippen LogP) is 4.32. The second-order valence-electron chi connectivity index (χ2n) is 4.29. The van der Waals surface area contributed by atoms with Crippen molar-refractivity contribution in [3.63, 3.8) is 0 Å². The summed E-state index contributed by atoms with van der Waals surface area (Å²) in [7, 11) is 0. The fourth-order valence-corrected chi connectivity index (χ4v) is 3.43. The van der Waals surface area contributed by atoms with Crippen LogP contribution in [0.3, 0.4) is 0 Å². The summed E-state index contributed by atoms with van der Waals surface area (Å²) in [6.45, 7) is 1.74. The maximum absolute atomic E-state index is 13.5. The fourth-order valence-electron chi connectivity index (χ4n) is 2.03. The van der Waals surface area contributed by atoms with E-state index in [4.69, 9.17) is 12.2 Å². The fraction of sp³-hybridized carbons (Fsp3) is 0.0769. The molecule has 3 nitrogen and oxygen atoms in total. The zero-order valence-corrected chi connectivity index (χ0v) is 13.5. The van der Waals surface area contributed by atoms with Crippen molar-refractivity contribution in [2.45, 2.75) is 6.92 Å². The normalized spacial score (nSPS) is 11.2. The van der Waals surface area contributed by atoms with E-state index in [9.17, 15) is 9.18 Å². The van der Waals surface area contributed by atoms with Crippen LogP contribution in [0.1, 0.15) is 5.56 Å². The van der Waals surface area contributed by atoms with Gasteiger partial charge in [0.1, 0.15) is 10.5 Å². The van der Waals surface area contributed by atoms with Gasteiger partial charge in [0.25, 0.3) is 5.56 Å². The van der Waals surface area contributed by atoms with Crippen LogP contribution in [0.15, 0.2) is 32.8 Å². The molecular weight excluding hydrogens is 363 g/mol. The maximum atomic E-state index is 13.5. The predicted molar refractivity (Wildman–Crippen MR) is 85.0 cm³/mol. The molecule has 0 aliphatic carbocycles. The number of aryl methyl sites for hydroxylation is 1. The van der Waals surface area contributed by atoms with Gasteiger partial charge in [-0.2, -0.15) is 0 Å². The molecule has 0 amide bonds. The first-order valence-corrected chi connectivity index (χ1v) is 7.75. The van der Waals surface area contributed by atoms with E-state index in [1.165, 1.54) is 22.0 Å². The lowest BCUT2D eigenvalue weighted by Crippen LogP contribution is -2.20. The third-order valence-corrected chi connectivity index (χ3v) is 4.78. The molecule has 3 rings (SSSR count). The molecule has 2 heterocycles. The minimum Gasteiger partial charge on any atom is -0.331 e. The summed E-state index contributed by atoms with van der Waals surface area (Å²) >= 11 is 9.74. The highest BCUT2D eigenvalue weighted by atomic mass is 79.9. The van der Waals surface area contributed by atoms with Gasteiger partial charge in [-0.25, -0.2) is 4.39 Å². The van der Waals surface area contributed by atoms with Gasteiger partial charge in [-0.1, -0.05) is 0 Å². The number of rotatable bonds is 1. The third-order valence-electron chi connectivity index (χ3n) is 2.99. The Labute approximate surface area is 130 Å². The van der Waals surface area contributed by atoms with Crippen LogP contribution >= 0.6 is 39.5 Å². The molecule has 0 unspecified atom stereocenters. The number of H-pyrrole nitrogens is 1. The van der Waals surface area contributed by atoms with Crippen molar-refractivity contribution in [2.75, 3.05) is 0 Å². The summed E-state index contributed by atoms with van der Waals surface area (Å²) in [4.78, 5) is 15.6. The van der Waals surface area contributed by atoms with Crippen molar-refractivity contribution in [1.82, 2.24) is 9.55 Å². The summed E-state index contributed by atoms with van der Waals surface area (Å²) in [5.41, 5.74) is 1.74. The van der Waals surface area contributed by atoms with Crippen molar-refractivity contribution in [2.24, 2.45) is 0 Å². The number of aromatic amines is 1. The number of thiophene rings is 1. The Morgan fingerprint density at radius 2 is 2.20 bits per heavy atom. The van der Waals surface area contributed by atoms with Gasteiger partial charge in [-0.15, -0.1) is 11.3 Å². The number of nitrogens with one attached hydrogen (secondary N) is 1. The molecule has 3 aromatic rings. The first-order chi connectivity index (χ1) is 9.49. The molecule has 102 valence electrons. The van der Waals surface area contributed by atoms with E-state index >= 15 is 0 Å². The molecule has 1 N–H and O–H groups in total. The van der Waals surface area contributed by atoms with Crippen LogP contribution in [-0.4, -0.2) is 9.55 Å². The lowest BCUT2D eigenvalue weighted by atomic mass is 10.2. The minimum atomic E-state index is -0.369. The number of halogens is 2. The van der Waals surface area contributed by atoms with E-state index < -0.39 is 0 Å². The van der Waals surface area contributed by atoms with Crippen molar-refractivity contribution < 1.29 is 4.39 Å². The van der Waals surface area contributed by atoms with Crippen molar-refractivity contribution in [1.29, 1.82) is 0 Å². The molecule has 0 saturated carbocycles. The molecule has 20 heavy (non-hydrogen) atoms. The number of hydrogen-bond acceptors (Lipinski definition) is 3. The van der Waals surface area contributed by atoms with E-state index in [2.05, 4.69) is 20.9 Å². The molecule has 0 atom stereocenters. The molecular formula is C13H8BrFN2OS2. The number of fused-ring (bicyclic) bond motifs is 1. The zero-order chi connectivity index (χ0) is 14.4. The third kappa shape index (κ3) is 2.06. The highest BCUT2D eigenvalue weighted by Gasteiger charge is 2.12. The van der Waals surface area contributed by atoms with E-state index in [1.54, 1.807) is 13.0 Å². The first kappa shape index (κ1) is 13.7.